The van der Waals surface area contributed by atoms with Crippen molar-refractivity contribution in [3.05, 3.63) is 35.4 Å². The maximum atomic E-state index is 11.2. The molecule has 76 valence electrons. The third-order valence-corrected chi connectivity index (χ3v) is 2.27. The van der Waals surface area contributed by atoms with Gasteiger partial charge in [-0.3, -0.25) is 0 Å². The smallest absolute Gasteiger partial charge is 0.343 e. The largest absolute Gasteiger partial charge is 0.356 e. The van der Waals surface area contributed by atoms with Gasteiger partial charge >= 0.3 is 5.97 Å². The molecule has 0 spiro atoms. The Morgan fingerprint density at radius 2 is 1.79 bits per heavy atom. The quantitative estimate of drug-likeness (QED) is 0.727. The third-order valence-electron chi connectivity index (χ3n) is 1.52. The Hall–Kier alpha value is -0.150. The first-order chi connectivity index (χ1) is 6.46. The number of hydrogen-bond acceptors (Lipinski definition) is 2. The highest BCUT2D eigenvalue weighted by Gasteiger charge is 2.28. The normalized spacial score (nSPS) is 11.1. The minimum absolute atomic E-state index is 0.127. The van der Waals surface area contributed by atoms with Crippen molar-refractivity contribution in [3.8, 4) is 0 Å². The van der Waals surface area contributed by atoms with Crippen molar-refractivity contribution in [2.45, 2.75) is 3.79 Å². The molecular formula is C8H4Cl4O2. The van der Waals surface area contributed by atoms with Gasteiger partial charge in [-0.15, -0.1) is 0 Å². The molecule has 1 aromatic carbocycles. The molecule has 14 heavy (non-hydrogen) atoms. The average molecular weight is 274 g/mol. The van der Waals surface area contributed by atoms with Gasteiger partial charge in [0.1, 0.15) is 11.9 Å². The number of halogens is 4. The van der Waals surface area contributed by atoms with Crippen molar-refractivity contribution in [2.75, 3.05) is 0 Å². The Labute approximate surface area is 101 Å². The SMILES string of the molecule is O=C(OCl)c1ccccc1C(Cl)(Cl)Cl. The van der Waals surface area contributed by atoms with Crippen molar-refractivity contribution in [1.29, 1.82) is 0 Å². The summed E-state index contributed by atoms with van der Waals surface area (Å²) in [7, 11) is 0. The van der Waals surface area contributed by atoms with Crippen LogP contribution < -0.4 is 0 Å². The Morgan fingerprint density at radius 3 is 2.29 bits per heavy atom. The molecule has 0 fully saturated rings. The van der Waals surface area contributed by atoms with E-state index in [0.29, 0.717) is 0 Å². The second-order valence-electron chi connectivity index (χ2n) is 2.41. The van der Waals surface area contributed by atoms with Gasteiger partial charge in [-0.1, -0.05) is 53.0 Å². The van der Waals surface area contributed by atoms with Crippen LogP contribution in [0.1, 0.15) is 15.9 Å². The minimum Gasteiger partial charge on any atom is -0.343 e. The maximum absolute atomic E-state index is 11.2. The van der Waals surface area contributed by atoms with Gasteiger partial charge in [0.05, 0.1) is 5.56 Å². The highest BCUT2D eigenvalue weighted by Crippen LogP contribution is 2.40. The summed E-state index contributed by atoms with van der Waals surface area (Å²) in [5.74, 6) is -0.756. The van der Waals surface area contributed by atoms with Crippen LogP contribution >= 0.6 is 46.7 Å². The van der Waals surface area contributed by atoms with Gasteiger partial charge < -0.3 is 4.29 Å². The van der Waals surface area contributed by atoms with E-state index in [-0.39, 0.29) is 11.1 Å². The first kappa shape index (κ1) is 11.9. The van der Waals surface area contributed by atoms with Crippen LogP contribution in [0.25, 0.3) is 0 Å². The zero-order chi connectivity index (χ0) is 10.8. The topological polar surface area (TPSA) is 26.3 Å². The molecule has 0 N–H and O–H groups in total. The van der Waals surface area contributed by atoms with Crippen LogP contribution in [0.15, 0.2) is 24.3 Å². The summed E-state index contributed by atoms with van der Waals surface area (Å²) in [5.41, 5.74) is 0.359. The summed E-state index contributed by atoms with van der Waals surface area (Å²) in [6.45, 7) is 0. The molecule has 0 aliphatic rings. The predicted octanol–water partition coefficient (Wildman–Crippen LogP) is 3.82. The maximum Gasteiger partial charge on any atom is 0.356 e. The third kappa shape index (κ3) is 2.67. The van der Waals surface area contributed by atoms with E-state index in [2.05, 4.69) is 4.29 Å². The summed E-state index contributed by atoms with van der Waals surface area (Å²) >= 11 is 21.9. The van der Waals surface area contributed by atoms with E-state index >= 15 is 0 Å². The lowest BCUT2D eigenvalue weighted by molar-refractivity contribution is 0.0750. The zero-order valence-corrected chi connectivity index (χ0v) is 9.66. The summed E-state index contributed by atoms with van der Waals surface area (Å²) in [6.07, 6.45) is 0. The molecule has 1 aromatic rings. The Bertz CT molecular complexity index is 345. The van der Waals surface area contributed by atoms with E-state index in [1.165, 1.54) is 12.1 Å². The Kier molecular flexibility index (Phi) is 3.90. The van der Waals surface area contributed by atoms with Gasteiger partial charge in [0.15, 0.2) is 0 Å². The number of benzene rings is 1. The number of carbonyl (C=O) groups is 1. The predicted molar refractivity (Wildman–Crippen MR) is 56.9 cm³/mol. The molecule has 0 saturated carbocycles. The van der Waals surface area contributed by atoms with E-state index in [4.69, 9.17) is 46.7 Å². The van der Waals surface area contributed by atoms with E-state index < -0.39 is 9.76 Å². The molecule has 0 unspecified atom stereocenters. The molecule has 0 heterocycles. The molecule has 0 aliphatic carbocycles. The van der Waals surface area contributed by atoms with Crippen molar-refractivity contribution < 1.29 is 9.08 Å². The fourth-order valence-corrected chi connectivity index (χ4v) is 1.53. The molecule has 0 bridgehead atoms. The van der Waals surface area contributed by atoms with Gasteiger partial charge in [0.2, 0.25) is 3.79 Å². The molecule has 6 heteroatoms. The summed E-state index contributed by atoms with van der Waals surface area (Å²) in [5, 5.41) is 0. The molecule has 0 aliphatic heterocycles. The van der Waals surface area contributed by atoms with Gasteiger partial charge in [0.25, 0.3) is 0 Å². The summed E-state index contributed by atoms with van der Waals surface area (Å²) in [6, 6.07) is 6.23. The molecule has 0 amide bonds. The number of hydrogen-bond donors (Lipinski definition) is 0. The lowest BCUT2D eigenvalue weighted by Gasteiger charge is -2.13. The second kappa shape index (κ2) is 4.58. The minimum atomic E-state index is -1.68. The van der Waals surface area contributed by atoms with E-state index in [1.807, 2.05) is 0 Å². The molecule has 1 rings (SSSR count). The first-order valence-corrected chi connectivity index (χ1v) is 4.90. The molecule has 2 nitrogen and oxygen atoms in total. The zero-order valence-electron chi connectivity index (χ0n) is 6.64. The van der Waals surface area contributed by atoms with E-state index in [9.17, 15) is 4.79 Å². The molecule has 0 saturated heterocycles. The van der Waals surface area contributed by atoms with Crippen molar-refractivity contribution in [2.24, 2.45) is 0 Å². The van der Waals surface area contributed by atoms with Crippen molar-refractivity contribution in [3.63, 3.8) is 0 Å². The fourth-order valence-electron chi connectivity index (χ4n) is 0.950. The van der Waals surface area contributed by atoms with Crippen molar-refractivity contribution in [1.82, 2.24) is 0 Å². The van der Waals surface area contributed by atoms with Gasteiger partial charge in [-0.2, -0.15) is 0 Å². The van der Waals surface area contributed by atoms with Crippen LogP contribution in [0, 0.1) is 0 Å². The second-order valence-corrected chi connectivity index (χ2v) is 4.84. The molecule has 0 atom stereocenters. The Morgan fingerprint density at radius 1 is 1.21 bits per heavy atom. The fraction of sp³-hybridized carbons (Fsp3) is 0.125. The number of alkyl halides is 3. The van der Waals surface area contributed by atoms with Gasteiger partial charge in [-0.25, -0.2) is 4.79 Å². The van der Waals surface area contributed by atoms with Crippen LogP contribution in [-0.2, 0) is 8.08 Å². The van der Waals surface area contributed by atoms with Crippen molar-refractivity contribution >= 4 is 52.6 Å². The van der Waals surface area contributed by atoms with Gasteiger partial charge in [0, 0.05) is 5.56 Å². The summed E-state index contributed by atoms with van der Waals surface area (Å²) in [4.78, 5) is 11.2. The highest BCUT2D eigenvalue weighted by molar-refractivity contribution is 6.67. The lowest BCUT2D eigenvalue weighted by atomic mass is 10.1. The molecular weight excluding hydrogens is 270 g/mol. The molecule has 0 radical (unpaired) electrons. The Balaban J connectivity index is 3.23. The van der Waals surface area contributed by atoms with Crippen LogP contribution in [0.3, 0.4) is 0 Å². The monoisotopic (exact) mass is 272 g/mol. The van der Waals surface area contributed by atoms with Crippen LogP contribution in [-0.4, -0.2) is 5.97 Å². The average Bonchev–Trinajstić information content (AvgIpc) is 2.15. The molecule has 0 aromatic heterocycles. The van der Waals surface area contributed by atoms with Gasteiger partial charge in [-0.05, 0) is 6.07 Å². The van der Waals surface area contributed by atoms with Crippen LogP contribution in [0.4, 0.5) is 0 Å². The lowest BCUT2D eigenvalue weighted by Crippen LogP contribution is -2.10. The van der Waals surface area contributed by atoms with E-state index in [1.54, 1.807) is 12.1 Å². The van der Waals surface area contributed by atoms with Crippen LogP contribution in [0.2, 0.25) is 0 Å². The summed E-state index contributed by atoms with van der Waals surface area (Å²) < 4.78 is 2.35. The van der Waals surface area contributed by atoms with E-state index in [0.717, 1.165) is 0 Å². The first-order valence-electron chi connectivity index (χ1n) is 3.46. The number of carbonyl (C=O) groups excluding carboxylic acids is 1. The highest BCUT2D eigenvalue weighted by atomic mass is 35.6. The standard InChI is InChI=1S/C8H4Cl4O2/c9-8(10,11)6-4-2-1-3-5(6)7(13)14-12/h1-4H. The van der Waals surface area contributed by atoms with Crippen LogP contribution in [0.5, 0.6) is 0 Å². The number of rotatable bonds is 1.